The average Bonchev–Trinajstić information content (AvgIpc) is 2.48. The van der Waals surface area contributed by atoms with Gasteiger partial charge in [-0.15, -0.1) is 0 Å². The highest BCUT2D eigenvalue weighted by Gasteiger charge is 2.21. The highest BCUT2D eigenvalue weighted by Crippen LogP contribution is 2.26. The number of pyridine rings is 1. The van der Waals surface area contributed by atoms with Crippen LogP contribution < -0.4 is 11.1 Å². The van der Waals surface area contributed by atoms with E-state index in [0.29, 0.717) is 18.0 Å². The van der Waals surface area contributed by atoms with Gasteiger partial charge in [0.25, 0.3) is 5.91 Å². The Morgan fingerprint density at radius 1 is 1.47 bits per heavy atom. The van der Waals surface area contributed by atoms with Crippen molar-refractivity contribution in [1.29, 1.82) is 0 Å². The number of hydrogen-bond acceptors (Lipinski definition) is 3. The third-order valence-corrected chi connectivity index (χ3v) is 4.00. The maximum absolute atomic E-state index is 12.2. The van der Waals surface area contributed by atoms with Crippen LogP contribution in [0.4, 0.5) is 0 Å². The second kappa shape index (κ2) is 6.66. The summed E-state index contributed by atoms with van der Waals surface area (Å²) in [4.78, 5) is 16.3. The first-order valence-electron chi connectivity index (χ1n) is 7.16. The summed E-state index contributed by atoms with van der Waals surface area (Å²) in [6.07, 6.45) is 8.01. The van der Waals surface area contributed by atoms with E-state index >= 15 is 0 Å². The molecular formula is C15H23N3O. The number of carbonyl (C=O) groups excluding carboxylic acids is 1. The SMILES string of the molecule is C[C@H](NC(=O)c1ccnc(CN)c1)C1CCCCC1. The molecule has 1 aromatic rings. The van der Waals surface area contributed by atoms with Crippen molar-refractivity contribution in [2.75, 3.05) is 0 Å². The number of amides is 1. The minimum atomic E-state index is -0.0184. The highest BCUT2D eigenvalue weighted by atomic mass is 16.1. The number of nitrogens with one attached hydrogen (secondary N) is 1. The lowest BCUT2D eigenvalue weighted by Gasteiger charge is -2.28. The van der Waals surface area contributed by atoms with Gasteiger partial charge < -0.3 is 11.1 Å². The third-order valence-electron chi connectivity index (χ3n) is 4.00. The van der Waals surface area contributed by atoms with E-state index in [4.69, 9.17) is 5.73 Å². The molecule has 1 atom stereocenters. The molecule has 1 amide bonds. The van der Waals surface area contributed by atoms with Crippen molar-refractivity contribution in [1.82, 2.24) is 10.3 Å². The fourth-order valence-electron chi connectivity index (χ4n) is 2.77. The van der Waals surface area contributed by atoms with Crippen LogP contribution in [0.15, 0.2) is 18.3 Å². The van der Waals surface area contributed by atoms with E-state index in [-0.39, 0.29) is 11.9 Å². The summed E-state index contributed by atoms with van der Waals surface area (Å²) < 4.78 is 0. The molecule has 0 unspecified atom stereocenters. The van der Waals surface area contributed by atoms with Crippen LogP contribution >= 0.6 is 0 Å². The fraction of sp³-hybridized carbons (Fsp3) is 0.600. The zero-order chi connectivity index (χ0) is 13.7. The van der Waals surface area contributed by atoms with E-state index in [0.717, 1.165) is 5.69 Å². The minimum Gasteiger partial charge on any atom is -0.349 e. The Kier molecular flexibility index (Phi) is 4.91. The number of nitrogens with zero attached hydrogens (tertiary/aromatic N) is 1. The highest BCUT2D eigenvalue weighted by molar-refractivity contribution is 5.94. The Hall–Kier alpha value is -1.42. The molecule has 1 aliphatic rings. The second-order valence-corrected chi connectivity index (χ2v) is 5.40. The lowest BCUT2D eigenvalue weighted by molar-refractivity contribution is 0.0919. The predicted octanol–water partition coefficient (Wildman–Crippen LogP) is 2.24. The van der Waals surface area contributed by atoms with Crippen LogP contribution in [0.5, 0.6) is 0 Å². The van der Waals surface area contributed by atoms with Gasteiger partial charge >= 0.3 is 0 Å². The van der Waals surface area contributed by atoms with Crippen LogP contribution in [-0.2, 0) is 6.54 Å². The number of carbonyl (C=O) groups is 1. The molecule has 1 saturated carbocycles. The van der Waals surface area contributed by atoms with Crippen LogP contribution in [0.25, 0.3) is 0 Å². The monoisotopic (exact) mass is 261 g/mol. The van der Waals surface area contributed by atoms with Crippen LogP contribution in [0.3, 0.4) is 0 Å². The largest absolute Gasteiger partial charge is 0.349 e. The van der Waals surface area contributed by atoms with E-state index in [2.05, 4.69) is 17.2 Å². The quantitative estimate of drug-likeness (QED) is 0.873. The smallest absolute Gasteiger partial charge is 0.251 e. The van der Waals surface area contributed by atoms with Gasteiger partial charge in [-0.05, 0) is 37.8 Å². The molecule has 0 saturated heterocycles. The Morgan fingerprint density at radius 2 is 2.21 bits per heavy atom. The van der Waals surface area contributed by atoms with Crippen molar-refractivity contribution in [3.8, 4) is 0 Å². The molecule has 1 aliphatic carbocycles. The lowest BCUT2D eigenvalue weighted by Crippen LogP contribution is -2.38. The Morgan fingerprint density at radius 3 is 2.89 bits per heavy atom. The minimum absolute atomic E-state index is 0.0184. The summed E-state index contributed by atoms with van der Waals surface area (Å²) in [5, 5.41) is 3.11. The third kappa shape index (κ3) is 3.77. The molecule has 19 heavy (non-hydrogen) atoms. The van der Waals surface area contributed by atoms with Gasteiger partial charge in [-0.2, -0.15) is 0 Å². The summed E-state index contributed by atoms with van der Waals surface area (Å²) in [6, 6.07) is 3.74. The van der Waals surface area contributed by atoms with E-state index in [1.54, 1.807) is 18.3 Å². The van der Waals surface area contributed by atoms with Gasteiger partial charge in [-0.3, -0.25) is 9.78 Å². The summed E-state index contributed by atoms with van der Waals surface area (Å²) in [5.74, 6) is 0.601. The summed E-state index contributed by atoms with van der Waals surface area (Å²) >= 11 is 0. The van der Waals surface area contributed by atoms with Gasteiger partial charge in [-0.1, -0.05) is 19.3 Å². The normalized spacial score (nSPS) is 18.0. The van der Waals surface area contributed by atoms with Gasteiger partial charge in [-0.25, -0.2) is 0 Å². The lowest BCUT2D eigenvalue weighted by atomic mass is 9.84. The zero-order valence-electron chi connectivity index (χ0n) is 11.6. The second-order valence-electron chi connectivity index (χ2n) is 5.40. The number of aromatic nitrogens is 1. The van der Waals surface area contributed by atoms with E-state index in [1.807, 2.05) is 0 Å². The Bertz CT molecular complexity index is 427. The van der Waals surface area contributed by atoms with Crippen molar-refractivity contribution in [3.63, 3.8) is 0 Å². The molecule has 3 N–H and O–H groups in total. The van der Waals surface area contributed by atoms with Gasteiger partial charge in [0.1, 0.15) is 0 Å². The molecule has 4 heteroatoms. The summed E-state index contributed by atoms with van der Waals surface area (Å²) in [7, 11) is 0. The molecule has 0 spiro atoms. The van der Waals surface area contributed by atoms with Crippen molar-refractivity contribution >= 4 is 5.91 Å². The molecule has 104 valence electrons. The number of rotatable bonds is 4. The van der Waals surface area contributed by atoms with Crippen molar-refractivity contribution in [2.45, 2.75) is 51.6 Å². The first-order valence-corrected chi connectivity index (χ1v) is 7.16. The van der Waals surface area contributed by atoms with E-state index < -0.39 is 0 Å². The van der Waals surface area contributed by atoms with E-state index in [9.17, 15) is 4.79 Å². The van der Waals surface area contributed by atoms with Crippen LogP contribution in [0.1, 0.15) is 55.1 Å². The van der Waals surface area contributed by atoms with Gasteiger partial charge in [0, 0.05) is 24.3 Å². The molecule has 0 aliphatic heterocycles. The number of nitrogens with two attached hydrogens (primary N) is 1. The van der Waals surface area contributed by atoms with E-state index in [1.165, 1.54) is 32.1 Å². The molecule has 1 heterocycles. The van der Waals surface area contributed by atoms with Crippen molar-refractivity contribution < 1.29 is 4.79 Å². The predicted molar refractivity (Wildman–Crippen MR) is 75.6 cm³/mol. The first kappa shape index (κ1) is 14.0. The van der Waals surface area contributed by atoms with Crippen molar-refractivity contribution in [3.05, 3.63) is 29.6 Å². The van der Waals surface area contributed by atoms with Crippen molar-refractivity contribution in [2.24, 2.45) is 11.7 Å². The molecule has 0 radical (unpaired) electrons. The zero-order valence-corrected chi connectivity index (χ0v) is 11.6. The van der Waals surface area contributed by atoms with Crippen LogP contribution in [-0.4, -0.2) is 16.9 Å². The topological polar surface area (TPSA) is 68.0 Å². The molecule has 1 aromatic heterocycles. The van der Waals surface area contributed by atoms with Crippen LogP contribution in [0, 0.1) is 5.92 Å². The Labute approximate surface area is 114 Å². The van der Waals surface area contributed by atoms with Gasteiger partial charge in [0.05, 0.1) is 5.69 Å². The summed E-state index contributed by atoms with van der Waals surface area (Å²) in [5.41, 5.74) is 6.94. The molecule has 0 aromatic carbocycles. The summed E-state index contributed by atoms with van der Waals surface area (Å²) in [6.45, 7) is 2.47. The first-order chi connectivity index (χ1) is 9.20. The standard InChI is InChI=1S/C15H23N3O/c1-11(12-5-3-2-4-6-12)18-15(19)13-7-8-17-14(9-13)10-16/h7-9,11-12H,2-6,10,16H2,1H3,(H,18,19)/t11-/m0/s1. The van der Waals surface area contributed by atoms with Gasteiger partial charge in [0.2, 0.25) is 0 Å². The molecule has 1 fully saturated rings. The maximum atomic E-state index is 12.2. The van der Waals surface area contributed by atoms with Gasteiger partial charge in [0.15, 0.2) is 0 Å². The molecule has 2 rings (SSSR count). The molecular weight excluding hydrogens is 238 g/mol. The maximum Gasteiger partial charge on any atom is 0.251 e. The fourth-order valence-corrected chi connectivity index (χ4v) is 2.77. The van der Waals surface area contributed by atoms with Crippen LogP contribution in [0.2, 0.25) is 0 Å². The Balaban J connectivity index is 1.95. The average molecular weight is 261 g/mol. The molecule has 4 nitrogen and oxygen atoms in total. The number of hydrogen-bond donors (Lipinski definition) is 2. The molecule has 0 bridgehead atoms.